The zero-order chi connectivity index (χ0) is 21.2. The molecule has 0 aliphatic heterocycles. The molecule has 0 aromatic carbocycles. The van der Waals surface area contributed by atoms with E-state index in [0.717, 1.165) is 29.3 Å². The van der Waals surface area contributed by atoms with Crippen molar-refractivity contribution < 1.29 is 4.79 Å². The molecule has 0 unspecified atom stereocenters. The van der Waals surface area contributed by atoms with Crippen LogP contribution < -0.4 is 0 Å². The molecule has 2 heteroatoms. The topological polar surface area (TPSA) is 17.1 Å². The van der Waals surface area contributed by atoms with Crippen molar-refractivity contribution in [2.75, 3.05) is 17.3 Å². The first kappa shape index (κ1) is 24.7. The van der Waals surface area contributed by atoms with Crippen molar-refractivity contribution in [1.82, 2.24) is 0 Å². The summed E-state index contributed by atoms with van der Waals surface area (Å²) in [5, 5.41) is 0. The number of hydrogen-bond donors (Lipinski definition) is 0. The maximum atomic E-state index is 13.7. The number of Topliss-reactive ketones (excluding diaryl/α,β-unsaturated/α-hetero) is 1. The summed E-state index contributed by atoms with van der Waals surface area (Å²) in [4.78, 5) is 13.7. The first-order chi connectivity index (χ1) is 14.6. The summed E-state index contributed by atoms with van der Waals surface area (Å²) in [5.41, 5.74) is 0.141. The van der Waals surface area contributed by atoms with E-state index in [1.165, 1.54) is 127 Å². The minimum absolute atomic E-state index is 0.141. The highest BCUT2D eigenvalue weighted by Gasteiger charge is 2.55. The summed E-state index contributed by atoms with van der Waals surface area (Å²) in [6.45, 7) is 4.60. The van der Waals surface area contributed by atoms with Gasteiger partial charge in [0.1, 0.15) is 11.5 Å². The summed E-state index contributed by atoms with van der Waals surface area (Å²) >= 11 is 0. The van der Waals surface area contributed by atoms with Crippen molar-refractivity contribution in [3.8, 4) is 0 Å². The van der Waals surface area contributed by atoms with E-state index in [1.807, 2.05) is 0 Å². The second-order valence-electron chi connectivity index (χ2n) is 11.3. The highest BCUT2D eigenvalue weighted by molar-refractivity contribution is 7.97. The SMILES string of the molecule is CCCCCCCC[S+](CCCCCCCC)CC(=O)C12CC3CC(CC(C3)C1)C2. The van der Waals surface area contributed by atoms with Gasteiger partial charge >= 0.3 is 0 Å². The average Bonchev–Trinajstić information content (AvgIpc) is 2.71. The van der Waals surface area contributed by atoms with Crippen LogP contribution >= 0.6 is 0 Å². The van der Waals surface area contributed by atoms with Crippen molar-refractivity contribution in [2.24, 2.45) is 23.2 Å². The molecule has 4 fully saturated rings. The van der Waals surface area contributed by atoms with Gasteiger partial charge in [0.25, 0.3) is 0 Å². The summed E-state index contributed by atoms with van der Waals surface area (Å²) < 4.78 is 0. The van der Waals surface area contributed by atoms with Crippen LogP contribution in [0.5, 0.6) is 0 Å². The maximum absolute atomic E-state index is 13.7. The number of hydrogen-bond acceptors (Lipinski definition) is 1. The van der Waals surface area contributed by atoms with Gasteiger partial charge in [0, 0.05) is 5.41 Å². The van der Waals surface area contributed by atoms with Crippen molar-refractivity contribution in [3.05, 3.63) is 0 Å². The van der Waals surface area contributed by atoms with Crippen molar-refractivity contribution >= 4 is 16.7 Å². The van der Waals surface area contributed by atoms with E-state index in [2.05, 4.69) is 13.8 Å². The Labute approximate surface area is 191 Å². The molecule has 0 heterocycles. The molecule has 0 N–H and O–H groups in total. The van der Waals surface area contributed by atoms with Gasteiger partial charge in [-0.15, -0.1) is 0 Å². The van der Waals surface area contributed by atoms with Crippen LogP contribution in [-0.2, 0) is 15.7 Å². The van der Waals surface area contributed by atoms with Gasteiger partial charge in [-0.1, -0.05) is 65.2 Å². The predicted molar refractivity (Wildman–Crippen MR) is 134 cm³/mol. The zero-order valence-corrected chi connectivity index (χ0v) is 21.2. The number of unbranched alkanes of at least 4 members (excludes halogenated alkanes) is 10. The third-order valence-corrected chi connectivity index (χ3v) is 10.9. The Bertz CT molecular complexity index is 448. The molecular weight excluding hydrogens is 384 g/mol. The van der Waals surface area contributed by atoms with Crippen LogP contribution in [0.25, 0.3) is 0 Å². The van der Waals surface area contributed by atoms with Gasteiger partial charge in [-0.3, -0.25) is 4.79 Å². The molecule has 0 spiro atoms. The van der Waals surface area contributed by atoms with Crippen LogP contribution in [0.3, 0.4) is 0 Å². The average molecular weight is 436 g/mol. The standard InChI is InChI=1S/C28H51OS/c1-3-5-7-9-11-13-15-30(16-14-12-10-8-6-4-2)23-27(29)28-20-24-17-25(21-28)19-26(18-24)22-28/h24-26H,3-23H2,1-2H3/q+1. The van der Waals surface area contributed by atoms with Crippen LogP contribution in [0.1, 0.15) is 129 Å². The number of ketones is 1. The second-order valence-corrected chi connectivity index (χ2v) is 13.7. The lowest BCUT2D eigenvalue weighted by Gasteiger charge is -2.55. The Morgan fingerprint density at radius 2 is 1.07 bits per heavy atom. The van der Waals surface area contributed by atoms with Gasteiger partial charge in [0.2, 0.25) is 0 Å². The van der Waals surface area contributed by atoms with Crippen LogP contribution in [0.15, 0.2) is 0 Å². The van der Waals surface area contributed by atoms with Crippen molar-refractivity contribution in [1.29, 1.82) is 0 Å². The molecule has 4 saturated carbocycles. The molecular formula is C28H51OS+. The van der Waals surface area contributed by atoms with Crippen LogP contribution in [-0.4, -0.2) is 23.0 Å². The lowest BCUT2D eigenvalue weighted by atomic mass is 9.48. The molecule has 4 aliphatic rings. The summed E-state index contributed by atoms with van der Waals surface area (Å²) in [6, 6.07) is 0. The predicted octanol–water partition coefficient (Wildman–Crippen LogP) is 8.11. The molecule has 0 saturated heterocycles. The Kier molecular flexibility index (Phi) is 10.6. The fourth-order valence-electron chi connectivity index (χ4n) is 7.21. The van der Waals surface area contributed by atoms with Crippen LogP contribution in [0.2, 0.25) is 0 Å². The van der Waals surface area contributed by atoms with Gasteiger partial charge in [-0.05, 0) is 92.9 Å². The number of carbonyl (C=O) groups is 1. The minimum Gasteiger partial charge on any atom is -0.294 e. The zero-order valence-electron chi connectivity index (χ0n) is 20.4. The molecule has 0 atom stereocenters. The maximum Gasteiger partial charge on any atom is 0.187 e. The molecule has 174 valence electrons. The number of carbonyl (C=O) groups excluding carboxylic acids is 1. The van der Waals surface area contributed by atoms with E-state index >= 15 is 0 Å². The highest BCUT2D eigenvalue weighted by Crippen LogP contribution is 2.60. The summed E-state index contributed by atoms with van der Waals surface area (Å²) in [7, 11) is 0.369. The van der Waals surface area contributed by atoms with Gasteiger partial charge in [0.15, 0.2) is 11.5 Å². The third-order valence-electron chi connectivity index (χ3n) is 8.54. The fraction of sp³-hybridized carbons (Fsp3) is 0.964. The molecule has 4 aliphatic carbocycles. The van der Waals surface area contributed by atoms with E-state index in [1.54, 1.807) is 0 Å². The Balaban J connectivity index is 1.45. The first-order valence-corrected chi connectivity index (χ1v) is 15.6. The molecule has 0 amide bonds. The largest absolute Gasteiger partial charge is 0.294 e. The number of rotatable bonds is 17. The third kappa shape index (κ3) is 7.28. The molecule has 1 nitrogen and oxygen atoms in total. The fourth-order valence-corrected chi connectivity index (χ4v) is 9.60. The molecule has 0 radical (unpaired) electrons. The quantitative estimate of drug-likeness (QED) is 0.166. The normalized spacial score (nSPS) is 29.8. The molecule has 4 bridgehead atoms. The summed E-state index contributed by atoms with van der Waals surface area (Å²) in [5.74, 6) is 7.08. The van der Waals surface area contributed by atoms with Crippen molar-refractivity contribution in [3.63, 3.8) is 0 Å². The molecule has 30 heavy (non-hydrogen) atoms. The lowest BCUT2D eigenvalue weighted by Crippen LogP contribution is -2.51. The van der Waals surface area contributed by atoms with Gasteiger partial charge in [0.05, 0.1) is 0 Å². The highest BCUT2D eigenvalue weighted by atomic mass is 32.2. The van der Waals surface area contributed by atoms with Crippen molar-refractivity contribution in [2.45, 2.75) is 129 Å². The Morgan fingerprint density at radius 1 is 0.667 bits per heavy atom. The van der Waals surface area contributed by atoms with E-state index in [4.69, 9.17) is 0 Å². The van der Waals surface area contributed by atoms with E-state index in [0.29, 0.717) is 10.9 Å². The lowest BCUT2D eigenvalue weighted by molar-refractivity contribution is -0.141. The van der Waals surface area contributed by atoms with E-state index < -0.39 is 0 Å². The van der Waals surface area contributed by atoms with Crippen LogP contribution in [0, 0.1) is 23.2 Å². The minimum atomic E-state index is 0.141. The van der Waals surface area contributed by atoms with Gasteiger partial charge in [-0.25, -0.2) is 0 Å². The van der Waals surface area contributed by atoms with Gasteiger partial charge in [-0.2, -0.15) is 0 Å². The summed E-state index contributed by atoms with van der Waals surface area (Å²) in [6.07, 6.45) is 24.8. The van der Waals surface area contributed by atoms with E-state index in [-0.39, 0.29) is 5.41 Å². The Hall–Kier alpha value is 0.0200. The van der Waals surface area contributed by atoms with E-state index in [9.17, 15) is 4.79 Å². The monoisotopic (exact) mass is 435 g/mol. The smallest absolute Gasteiger partial charge is 0.187 e. The second kappa shape index (κ2) is 12.9. The molecule has 0 aromatic heterocycles. The molecule has 4 rings (SSSR count). The first-order valence-electron chi connectivity index (χ1n) is 13.8. The van der Waals surface area contributed by atoms with Crippen LogP contribution in [0.4, 0.5) is 0 Å². The Morgan fingerprint density at radius 3 is 1.50 bits per heavy atom. The van der Waals surface area contributed by atoms with Gasteiger partial charge < -0.3 is 0 Å². The molecule has 0 aromatic rings.